The van der Waals surface area contributed by atoms with Crippen LogP contribution >= 0.6 is 0 Å². The van der Waals surface area contributed by atoms with E-state index < -0.39 is 0 Å². The topological polar surface area (TPSA) is 51.0 Å². The number of hydrogen-bond acceptors (Lipinski definition) is 4. The smallest absolute Gasteiger partial charge is 0.124 e. The summed E-state index contributed by atoms with van der Waals surface area (Å²) in [4.78, 5) is 14.5. The van der Waals surface area contributed by atoms with Crippen LogP contribution in [0.1, 0.15) is 13.3 Å². The molecule has 0 saturated heterocycles. The Morgan fingerprint density at radius 2 is 2.38 bits per heavy atom. The van der Waals surface area contributed by atoms with Crippen molar-refractivity contribution in [1.82, 2.24) is 0 Å². The molecule has 0 aliphatic heterocycles. The third kappa shape index (κ3) is 6.68. The van der Waals surface area contributed by atoms with E-state index in [-0.39, 0.29) is 0 Å². The largest absolute Gasteiger partial charge is 0.303 e. The minimum absolute atomic E-state index is 0.359. The Kier molecular flexibility index (Phi) is 7.28. The zero-order chi connectivity index (χ0) is 9.94. The third-order valence-corrected chi connectivity index (χ3v) is 1.15. The van der Waals surface area contributed by atoms with Crippen LogP contribution in [0.3, 0.4) is 0 Å². The van der Waals surface area contributed by atoms with E-state index in [1.165, 1.54) is 6.21 Å². The van der Waals surface area contributed by atoms with Crippen molar-refractivity contribution in [3.63, 3.8) is 0 Å². The second-order valence-electron chi connectivity index (χ2n) is 2.08. The highest BCUT2D eigenvalue weighted by atomic mass is 16.8. The molecule has 4 heteroatoms. The maximum atomic E-state index is 10.2. The molecule has 0 heterocycles. The normalized spacial score (nSPS) is 12.2. The number of allylic oxidation sites excluding steroid dienone is 4. The van der Waals surface area contributed by atoms with Gasteiger partial charge in [0.15, 0.2) is 0 Å². The van der Waals surface area contributed by atoms with Crippen LogP contribution in [0.5, 0.6) is 0 Å². The lowest BCUT2D eigenvalue weighted by atomic mass is 10.2. The number of nitrogens with zero attached hydrogens (tertiary/aromatic N) is 2. The Morgan fingerprint density at radius 1 is 1.62 bits per heavy atom. The quantitative estimate of drug-likeness (QED) is 0.270. The summed E-state index contributed by atoms with van der Waals surface area (Å²) in [6.07, 6.45) is 7.93. The molecule has 0 aliphatic rings. The monoisotopic (exact) mass is 180 g/mol. The molecule has 0 aromatic rings. The van der Waals surface area contributed by atoms with Gasteiger partial charge in [-0.15, -0.1) is 0 Å². The van der Waals surface area contributed by atoms with Gasteiger partial charge in [0.2, 0.25) is 0 Å². The second kappa shape index (κ2) is 8.39. The first kappa shape index (κ1) is 11.3. The lowest BCUT2D eigenvalue weighted by Gasteiger charge is -1.90. The first-order chi connectivity index (χ1) is 6.35. The van der Waals surface area contributed by atoms with Gasteiger partial charge in [-0.1, -0.05) is 22.5 Å². The van der Waals surface area contributed by atoms with Crippen LogP contribution in [-0.4, -0.2) is 19.2 Å². The minimum Gasteiger partial charge on any atom is -0.303 e. The van der Waals surface area contributed by atoms with Crippen LogP contribution in [0.4, 0.5) is 0 Å². The Balaban J connectivity index is 4.16. The lowest BCUT2D eigenvalue weighted by molar-refractivity contribution is -0.107. The highest BCUT2D eigenvalue weighted by Crippen LogP contribution is 1.99. The SMILES string of the molecule is C=NO/N=C/C=C(\C=C/C)CC=O. The van der Waals surface area contributed by atoms with E-state index >= 15 is 0 Å². The van der Waals surface area contributed by atoms with E-state index in [4.69, 9.17) is 0 Å². The highest BCUT2D eigenvalue weighted by molar-refractivity contribution is 5.74. The molecule has 0 amide bonds. The van der Waals surface area contributed by atoms with E-state index in [0.29, 0.717) is 6.42 Å². The van der Waals surface area contributed by atoms with Crippen molar-refractivity contribution >= 4 is 19.2 Å². The Hall–Kier alpha value is -1.71. The summed E-state index contributed by atoms with van der Waals surface area (Å²) in [6, 6.07) is 0. The fourth-order valence-electron chi connectivity index (χ4n) is 0.689. The number of oxime groups is 2. The van der Waals surface area contributed by atoms with Gasteiger partial charge in [-0.2, -0.15) is 0 Å². The summed E-state index contributed by atoms with van der Waals surface area (Å²) in [5, 5.41) is 6.47. The molecule has 0 unspecified atom stereocenters. The molecule has 0 bridgehead atoms. The van der Waals surface area contributed by atoms with Crippen molar-refractivity contribution < 1.29 is 9.73 Å². The number of hydrogen-bond donors (Lipinski definition) is 0. The average Bonchev–Trinajstić information content (AvgIpc) is 2.13. The van der Waals surface area contributed by atoms with Crippen LogP contribution in [0, 0.1) is 0 Å². The minimum atomic E-state index is 0.359. The predicted molar refractivity (Wildman–Crippen MR) is 52.7 cm³/mol. The number of aldehydes is 1. The van der Waals surface area contributed by atoms with Crippen LogP contribution in [0.15, 0.2) is 34.1 Å². The van der Waals surface area contributed by atoms with Gasteiger partial charge in [-0.3, -0.25) is 0 Å². The third-order valence-electron chi connectivity index (χ3n) is 1.15. The molecule has 0 N–H and O–H groups in total. The molecular formula is C9H12N2O2. The van der Waals surface area contributed by atoms with Crippen LogP contribution in [-0.2, 0) is 9.73 Å². The molecule has 0 aromatic carbocycles. The van der Waals surface area contributed by atoms with E-state index in [1.807, 2.05) is 19.1 Å². The predicted octanol–water partition coefficient (Wildman–Crippen LogP) is 1.70. The van der Waals surface area contributed by atoms with Crippen molar-refractivity contribution in [2.75, 3.05) is 0 Å². The maximum Gasteiger partial charge on any atom is 0.124 e. The van der Waals surface area contributed by atoms with E-state index in [1.54, 1.807) is 6.08 Å². The van der Waals surface area contributed by atoms with Gasteiger partial charge in [0.1, 0.15) is 6.29 Å². The van der Waals surface area contributed by atoms with Crippen LogP contribution in [0.2, 0.25) is 0 Å². The average molecular weight is 180 g/mol. The fourth-order valence-corrected chi connectivity index (χ4v) is 0.689. The molecule has 0 radical (unpaired) electrons. The molecule has 0 aliphatic carbocycles. The molecule has 13 heavy (non-hydrogen) atoms. The van der Waals surface area contributed by atoms with Crippen LogP contribution in [0.25, 0.3) is 0 Å². The standard InChI is InChI=1S/C9H12N2O2/c1-3-4-9(6-8-12)5-7-11-13-10-2/h3-5,7-8H,2,6H2,1H3/b4-3-,9-5+,11-7+. The molecule has 70 valence electrons. The summed E-state index contributed by atoms with van der Waals surface area (Å²) in [5.74, 6) is 0. The van der Waals surface area contributed by atoms with Gasteiger partial charge >= 0.3 is 0 Å². The van der Waals surface area contributed by atoms with Gasteiger partial charge in [0, 0.05) is 13.1 Å². The van der Waals surface area contributed by atoms with Crippen molar-refractivity contribution in [2.24, 2.45) is 10.3 Å². The molecule has 0 aromatic heterocycles. The number of rotatable bonds is 6. The van der Waals surface area contributed by atoms with Crippen molar-refractivity contribution in [3.8, 4) is 0 Å². The summed E-state index contributed by atoms with van der Waals surface area (Å²) in [5.41, 5.74) is 0.855. The van der Waals surface area contributed by atoms with Gasteiger partial charge in [0.05, 0.1) is 6.21 Å². The zero-order valence-electron chi connectivity index (χ0n) is 7.51. The number of carbonyl (C=O) groups excluding carboxylic acids is 1. The highest BCUT2D eigenvalue weighted by Gasteiger charge is 1.87. The summed E-state index contributed by atoms with van der Waals surface area (Å²) in [6.45, 7) is 4.95. The lowest BCUT2D eigenvalue weighted by Crippen LogP contribution is -1.81. The molecule has 0 rings (SSSR count). The molecule has 0 fully saturated rings. The Bertz CT molecular complexity index is 242. The van der Waals surface area contributed by atoms with Crippen molar-refractivity contribution in [2.45, 2.75) is 13.3 Å². The molecule has 0 saturated carbocycles. The first-order valence-corrected chi connectivity index (χ1v) is 3.76. The fraction of sp³-hybridized carbons (Fsp3) is 0.222. The molecule has 0 atom stereocenters. The molecule has 4 nitrogen and oxygen atoms in total. The van der Waals surface area contributed by atoms with Gasteiger partial charge in [-0.25, -0.2) is 4.94 Å². The van der Waals surface area contributed by atoms with Crippen LogP contribution < -0.4 is 0 Å². The zero-order valence-corrected chi connectivity index (χ0v) is 7.51. The summed E-state index contributed by atoms with van der Waals surface area (Å²) in [7, 11) is 0. The van der Waals surface area contributed by atoms with Gasteiger partial charge in [-0.05, 0) is 18.6 Å². The van der Waals surface area contributed by atoms with E-state index in [9.17, 15) is 4.79 Å². The maximum absolute atomic E-state index is 10.2. The first-order valence-electron chi connectivity index (χ1n) is 3.76. The molecular weight excluding hydrogens is 168 g/mol. The Labute approximate surface area is 77.3 Å². The van der Waals surface area contributed by atoms with E-state index in [2.05, 4.69) is 22.0 Å². The van der Waals surface area contributed by atoms with Crippen molar-refractivity contribution in [3.05, 3.63) is 23.8 Å². The summed E-state index contributed by atoms with van der Waals surface area (Å²) < 4.78 is 0. The Morgan fingerprint density at radius 3 is 2.92 bits per heavy atom. The van der Waals surface area contributed by atoms with E-state index in [0.717, 1.165) is 11.9 Å². The van der Waals surface area contributed by atoms with Gasteiger partial charge < -0.3 is 4.79 Å². The summed E-state index contributed by atoms with van der Waals surface area (Å²) >= 11 is 0. The van der Waals surface area contributed by atoms with Crippen molar-refractivity contribution in [1.29, 1.82) is 0 Å². The molecule has 0 spiro atoms. The second-order valence-corrected chi connectivity index (χ2v) is 2.08. The number of carbonyl (C=O) groups is 1. The van der Waals surface area contributed by atoms with Gasteiger partial charge in [0.25, 0.3) is 0 Å².